The van der Waals surface area contributed by atoms with Gasteiger partial charge in [0.1, 0.15) is 72.9 Å². The molecular formula is C45H81N11O19. The van der Waals surface area contributed by atoms with Gasteiger partial charge < -0.3 is 109 Å². The van der Waals surface area contributed by atoms with E-state index in [1.165, 1.54) is 14.0 Å². The molecule has 2 saturated heterocycles. The SMILES string of the molecule is CO[C@@H]1C(CO)O[C@@H](O[C@@H]2C(CO)O[C@@H](NC(=O)CC(NC(=O)C(C)NC(=O)C(NC(=O)C(N)CCCCN)C(C)C)C(=O)NC(CCCCN)C(=O)NC(C(=O)O)C(C)O)[C@@H](NC(C)=O)C2O)[C@@H](NC(C)=O)C1O. The number of carboxylic acid groups (broad SMARTS) is 1. The van der Waals surface area contributed by atoms with Crippen LogP contribution in [0, 0.1) is 5.92 Å². The van der Waals surface area contributed by atoms with E-state index in [0.29, 0.717) is 25.8 Å². The topological polar surface area (TPSA) is 486 Å². The van der Waals surface area contributed by atoms with E-state index < -0.39 is 182 Å². The van der Waals surface area contributed by atoms with E-state index in [4.69, 9.17) is 36.1 Å². The summed E-state index contributed by atoms with van der Waals surface area (Å²) in [5.41, 5.74) is 17.2. The molecule has 2 aliphatic heterocycles. The standard InChI is InChI=1S/C45H81N11O19/c1-19(2)30(55-39(66)24(48)12-8-10-14-46)42(69)49-20(3)38(65)53-26(41(68)52-25(13-9-11-15-47)40(67)56-31(21(4)59)44(70)71)16-29(62)54-43-32(50-22(5)60)34(63)37(28(18-58)73-43)75-45-33(51-23(6)61)35(64)36(72-7)27(17-57)74-45/h19-21,24-28,30-37,43,45,57-59,63-64H,8-18,46-48H2,1-7H3,(H,49,69)(H,50,60)(H,51,61)(H,52,68)(H,53,65)(H,54,62)(H,55,66)(H,56,67)(H,70,71)/t20?,21?,24?,25?,26?,27?,28?,30?,31?,32-,33-,34?,35?,36+,37+,43+,45-/m0/s1. The van der Waals surface area contributed by atoms with Crippen LogP contribution in [-0.4, -0.2) is 221 Å². The van der Waals surface area contributed by atoms with Gasteiger partial charge in [0.15, 0.2) is 18.6 Å². The van der Waals surface area contributed by atoms with Crippen molar-refractivity contribution in [2.45, 2.75) is 190 Å². The third-order valence-electron chi connectivity index (χ3n) is 12.3. The highest BCUT2D eigenvalue weighted by molar-refractivity contribution is 5.98. The van der Waals surface area contributed by atoms with Gasteiger partial charge >= 0.3 is 5.97 Å². The molecule has 430 valence electrons. The molecule has 0 spiro atoms. The van der Waals surface area contributed by atoms with Gasteiger partial charge in [0.2, 0.25) is 47.3 Å². The smallest absolute Gasteiger partial charge is 0.328 e. The Balaban J connectivity index is 2.53. The summed E-state index contributed by atoms with van der Waals surface area (Å²) in [5, 5.41) is 82.3. The zero-order chi connectivity index (χ0) is 56.9. The molecule has 0 aromatic rings. The number of methoxy groups -OCH3 is 1. The molecule has 0 aromatic heterocycles. The Bertz CT molecular complexity index is 1900. The monoisotopic (exact) mass is 1080 g/mol. The minimum absolute atomic E-state index is 0.152. The molecule has 2 fully saturated rings. The maximum Gasteiger partial charge on any atom is 0.328 e. The molecule has 2 rings (SSSR count). The Labute approximate surface area is 434 Å². The number of carbonyl (C=O) groups excluding carboxylic acids is 8. The van der Waals surface area contributed by atoms with Crippen LogP contribution in [0.15, 0.2) is 0 Å². The third kappa shape index (κ3) is 20.3. The summed E-state index contributed by atoms with van der Waals surface area (Å²) in [6.45, 7) is 6.67. The van der Waals surface area contributed by atoms with E-state index >= 15 is 0 Å². The molecule has 0 radical (unpaired) electrons. The Morgan fingerprint density at radius 2 is 1.15 bits per heavy atom. The van der Waals surface area contributed by atoms with Crippen molar-refractivity contribution in [3.63, 3.8) is 0 Å². The number of amides is 8. The highest BCUT2D eigenvalue weighted by atomic mass is 16.7. The first-order chi connectivity index (χ1) is 35.3. The van der Waals surface area contributed by atoms with Gasteiger partial charge in [-0.2, -0.15) is 0 Å². The summed E-state index contributed by atoms with van der Waals surface area (Å²) in [5.74, 6) is -9.49. The van der Waals surface area contributed by atoms with E-state index in [0.717, 1.165) is 20.8 Å². The number of carboxylic acids is 1. The summed E-state index contributed by atoms with van der Waals surface area (Å²) >= 11 is 0. The van der Waals surface area contributed by atoms with Crippen molar-refractivity contribution in [2.75, 3.05) is 33.4 Å². The number of nitrogens with two attached hydrogens (primary N) is 3. The van der Waals surface area contributed by atoms with Gasteiger partial charge in [0.25, 0.3) is 0 Å². The summed E-state index contributed by atoms with van der Waals surface area (Å²) < 4.78 is 23.1. The molecule has 8 amide bonds. The van der Waals surface area contributed by atoms with Gasteiger partial charge in [-0.1, -0.05) is 20.3 Å². The molecule has 0 aromatic carbocycles. The second-order valence-corrected chi connectivity index (χ2v) is 18.8. The summed E-state index contributed by atoms with van der Waals surface area (Å²) in [6, 6.07) is -12.0. The molecule has 2 aliphatic rings. The fraction of sp³-hybridized carbons (Fsp3) is 0.800. The van der Waals surface area contributed by atoms with Gasteiger partial charge in [-0.25, -0.2) is 4.79 Å². The fourth-order valence-electron chi connectivity index (χ4n) is 8.19. The number of unbranched alkanes of at least 4 members (excludes halogenated alkanes) is 2. The number of carbonyl (C=O) groups is 9. The van der Waals surface area contributed by atoms with Crippen LogP contribution >= 0.6 is 0 Å². The second-order valence-electron chi connectivity index (χ2n) is 18.8. The molecule has 0 saturated carbocycles. The van der Waals surface area contributed by atoms with Crippen molar-refractivity contribution in [1.29, 1.82) is 0 Å². The average molecular weight is 1080 g/mol. The number of hydrogen-bond acceptors (Lipinski definition) is 21. The van der Waals surface area contributed by atoms with Crippen molar-refractivity contribution in [2.24, 2.45) is 23.1 Å². The highest BCUT2D eigenvalue weighted by Gasteiger charge is 2.52. The van der Waals surface area contributed by atoms with Gasteiger partial charge in [-0.3, -0.25) is 38.4 Å². The lowest BCUT2D eigenvalue weighted by molar-refractivity contribution is -0.317. The molecule has 75 heavy (non-hydrogen) atoms. The van der Waals surface area contributed by atoms with Crippen molar-refractivity contribution in [3.05, 3.63) is 0 Å². The molecule has 2 heterocycles. The average Bonchev–Trinajstić information content (AvgIpc) is 3.33. The van der Waals surface area contributed by atoms with Crippen molar-refractivity contribution >= 4 is 53.2 Å². The fourth-order valence-corrected chi connectivity index (χ4v) is 8.19. The van der Waals surface area contributed by atoms with Crippen LogP contribution in [0.25, 0.3) is 0 Å². The third-order valence-corrected chi connectivity index (χ3v) is 12.3. The van der Waals surface area contributed by atoms with E-state index in [9.17, 15) is 73.8 Å². The lowest BCUT2D eigenvalue weighted by Crippen LogP contribution is -2.71. The Kier molecular flexibility index (Phi) is 28.4. The highest BCUT2D eigenvalue weighted by Crippen LogP contribution is 2.30. The number of ether oxygens (including phenoxy) is 4. The molecular weight excluding hydrogens is 999 g/mol. The van der Waals surface area contributed by atoms with Crippen LogP contribution in [-0.2, 0) is 62.1 Å². The molecule has 11 unspecified atom stereocenters. The first-order valence-corrected chi connectivity index (χ1v) is 24.8. The van der Waals surface area contributed by atoms with Crippen LogP contribution in [0.3, 0.4) is 0 Å². The molecule has 0 bridgehead atoms. The lowest BCUT2D eigenvalue weighted by Gasteiger charge is -2.48. The summed E-state index contributed by atoms with van der Waals surface area (Å²) in [6.07, 6.45) is -13.3. The maximum atomic E-state index is 14.2. The van der Waals surface area contributed by atoms with Crippen LogP contribution < -0.4 is 59.7 Å². The largest absolute Gasteiger partial charge is 0.480 e. The van der Waals surface area contributed by atoms with E-state index in [1.54, 1.807) is 13.8 Å². The van der Waals surface area contributed by atoms with Gasteiger partial charge in [0.05, 0.1) is 31.8 Å². The molecule has 0 aliphatic carbocycles. The van der Waals surface area contributed by atoms with Crippen LogP contribution in [0.4, 0.5) is 0 Å². The first kappa shape index (κ1) is 65.9. The van der Waals surface area contributed by atoms with Crippen molar-refractivity contribution < 1.29 is 92.7 Å². The first-order valence-electron chi connectivity index (χ1n) is 24.8. The number of aliphatic hydroxyl groups is 5. The number of rotatable bonds is 31. The second kappa shape index (κ2) is 32.4. The van der Waals surface area contributed by atoms with Gasteiger partial charge in [0, 0.05) is 21.0 Å². The molecule has 17 atom stereocenters. The Hall–Kier alpha value is -5.25. The molecule has 20 N–H and O–H groups in total. The molecule has 30 nitrogen and oxygen atoms in total. The van der Waals surface area contributed by atoms with Crippen LogP contribution in [0.5, 0.6) is 0 Å². The van der Waals surface area contributed by atoms with Crippen LogP contribution in [0.2, 0.25) is 0 Å². The van der Waals surface area contributed by atoms with Gasteiger partial charge in [-0.05, 0) is 65.0 Å². The van der Waals surface area contributed by atoms with Crippen LogP contribution in [0.1, 0.15) is 86.5 Å². The number of nitrogens with one attached hydrogen (secondary N) is 8. The quantitative estimate of drug-likeness (QED) is 0.0287. The van der Waals surface area contributed by atoms with E-state index in [1.807, 2.05) is 0 Å². The summed E-state index contributed by atoms with van der Waals surface area (Å²) in [4.78, 5) is 119. The molecule has 30 heteroatoms. The minimum atomic E-state index is -1.94. The maximum absolute atomic E-state index is 14.2. The number of hydrogen-bond donors (Lipinski definition) is 17. The minimum Gasteiger partial charge on any atom is -0.480 e. The zero-order valence-electron chi connectivity index (χ0n) is 43.4. The predicted molar refractivity (Wildman–Crippen MR) is 260 cm³/mol. The van der Waals surface area contributed by atoms with Crippen molar-refractivity contribution in [1.82, 2.24) is 42.5 Å². The Morgan fingerprint density at radius 1 is 0.627 bits per heavy atom. The Morgan fingerprint density at radius 3 is 1.67 bits per heavy atom. The van der Waals surface area contributed by atoms with Crippen molar-refractivity contribution in [3.8, 4) is 0 Å². The van der Waals surface area contributed by atoms with E-state index in [2.05, 4.69) is 42.5 Å². The summed E-state index contributed by atoms with van der Waals surface area (Å²) in [7, 11) is 1.22. The number of aliphatic carboxylic acids is 1. The van der Waals surface area contributed by atoms with Gasteiger partial charge in [-0.15, -0.1) is 0 Å². The zero-order valence-corrected chi connectivity index (χ0v) is 43.4. The normalized spacial score (nSPS) is 26.4. The number of aliphatic hydroxyl groups excluding tert-OH is 5. The van der Waals surface area contributed by atoms with E-state index in [-0.39, 0.29) is 25.8 Å². The lowest BCUT2D eigenvalue weighted by atomic mass is 9.93. The predicted octanol–water partition coefficient (Wildman–Crippen LogP) is -7.79.